The molecule has 1 heterocycles. The zero-order valence-electron chi connectivity index (χ0n) is 7.88. The van der Waals surface area contributed by atoms with Gasteiger partial charge in [0, 0.05) is 0 Å². The van der Waals surface area contributed by atoms with Crippen molar-refractivity contribution in [2.45, 2.75) is 20.1 Å². The fourth-order valence-electron chi connectivity index (χ4n) is 1.11. The first-order valence-electron chi connectivity index (χ1n) is 4.24. The van der Waals surface area contributed by atoms with Crippen molar-refractivity contribution in [3.05, 3.63) is 35.8 Å². The maximum Gasteiger partial charge on any atom is 0.130 e. The van der Waals surface area contributed by atoms with E-state index in [-0.39, 0.29) is 0 Å². The van der Waals surface area contributed by atoms with Gasteiger partial charge in [-0.1, -0.05) is 6.08 Å². The van der Waals surface area contributed by atoms with E-state index in [1.165, 1.54) is 0 Å². The highest BCUT2D eigenvalue weighted by molar-refractivity contribution is 5.19. The molecule has 72 valence electrons. The second-order valence-electron chi connectivity index (χ2n) is 2.83. The Hall–Kier alpha value is -1.06. The number of furan rings is 1. The number of aryl methyl sites for hydroxylation is 1. The van der Waals surface area contributed by atoms with E-state index in [1.54, 1.807) is 6.08 Å². The Morgan fingerprint density at radius 1 is 1.69 bits per heavy atom. The molecule has 0 bridgehead atoms. The number of hydrogen-bond donors (Lipinski definition) is 1. The summed E-state index contributed by atoms with van der Waals surface area (Å²) < 4.78 is 10.7. The van der Waals surface area contributed by atoms with Gasteiger partial charge in [0.1, 0.15) is 18.1 Å². The quantitative estimate of drug-likeness (QED) is 0.556. The van der Waals surface area contributed by atoms with Crippen LogP contribution in [-0.2, 0) is 17.9 Å². The molecule has 13 heavy (non-hydrogen) atoms. The van der Waals surface area contributed by atoms with Crippen LogP contribution in [0.15, 0.2) is 23.1 Å². The number of nitrogens with two attached hydrogens (primary N) is 1. The summed E-state index contributed by atoms with van der Waals surface area (Å²) in [5.41, 5.74) is 6.55. The van der Waals surface area contributed by atoms with Gasteiger partial charge < -0.3 is 14.9 Å². The number of ether oxygens (including phenoxy) is 1. The van der Waals surface area contributed by atoms with Crippen LogP contribution in [0.1, 0.15) is 17.1 Å². The van der Waals surface area contributed by atoms with Gasteiger partial charge in [0.05, 0.1) is 13.2 Å². The summed E-state index contributed by atoms with van der Waals surface area (Å²) >= 11 is 0. The molecule has 0 aliphatic heterocycles. The summed E-state index contributed by atoms with van der Waals surface area (Å²) in [6.45, 7) is 6.99. The lowest BCUT2D eigenvalue weighted by Gasteiger charge is -1.96. The van der Waals surface area contributed by atoms with Crippen LogP contribution in [0.4, 0.5) is 0 Å². The Balaban J connectivity index is 2.52. The first kappa shape index (κ1) is 10.0. The highest BCUT2D eigenvalue weighted by atomic mass is 16.5. The lowest BCUT2D eigenvalue weighted by atomic mass is 10.3. The molecular weight excluding hydrogens is 166 g/mol. The minimum Gasteiger partial charge on any atom is -0.462 e. The molecule has 0 saturated carbocycles. The lowest BCUT2D eigenvalue weighted by Crippen LogP contribution is -1.95. The van der Waals surface area contributed by atoms with Crippen molar-refractivity contribution in [1.82, 2.24) is 0 Å². The average Bonchev–Trinajstić information content (AvgIpc) is 2.47. The third kappa shape index (κ3) is 2.72. The monoisotopic (exact) mass is 181 g/mol. The van der Waals surface area contributed by atoms with Gasteiger partial charge in [-0.2, -0.15) is 0 Å². The molecule has 0 saturated heterocycles. The first-order chi connectivity index (χ1) is 6.27. The molecule has 3 nitrogen and oxygen atoms in total. The molecule has 0 amide bonds. The standard InChI is InChI=1S/C10H15NO2/c1-3-4-12-7-9-5-8(2)10(6-11)13-9/h3,5H,1,4,6-7,11H2,2H3. The zero-order valence-corrected chi connectivity index (χ0v) is 7.88. The van der Waals surface area contributed by atoms with E-state index in [2.05, 4.69) is 6.58 Å². The average molecular weight is 181 g/mol. The molecule has 0 fully saturated rings. The van der Waals surface area contributed by atoms with Crippen LogP contribution in [-0.4, -0.2) is 6.61 Å². The lowest BCUT2D eigenvalue weighted by molar-refractivity contribution is 0.130. The van der Waals surface area contributed by atoms with Crippen molar-refractivity contribution in [3.8, 4) is 0 Å². The van der Waals surface area contributed by atoms with Gasteiger partial charge >= 0.3 is 0 Å². The molecule has 0 radical (unpaired) electrons. The molecule has 0 unspecified atom stereocenters. The van der Waals surface area contributed by atoms with Crippen molar-refractivity contribution in [1.29, 1.82) is 0 Å². The second-order valence-corrected chi connectivity index (χ2v) is 2.83. The summed E-state index contributed by atoms with van der Waals surface area (Å²) in [7, 11) is 0. The fraction of sp³-hybridized carbons (Fsp3) is 0.400. The van der Waals surface area contributed by atoms with Crippen molar-refractivity contribution < 1.29 is 9.15 Å². The molecule has 0 spiro atoms. The number of hydrogen-bond acceptors (Lipinski definition) is 3. The Kier molecular flexibility index (Phi) is 3.73. The van der Waals surface area contributed by atoms with Crippen LogP contribution in [0.2, 0.25) is 0 Å². The minimum atomic E-state index is 0.438. The van der Waals surface area contributed by atoms with Gasteiger partial charge in [-0.05, 0) is 18.6 Å². The summed E-state index contributed by atoms with van der Waals surface area (Å²) in [6.07, 6.45) is 1.71. The van der Waals surface area contributed by atoms with Gasteiger partial charge in [-0.3, -0.25) is 0 Å². The maximum atomic E-state index is 5.47. The van der Waals surface area contributed by atoms with E-state index in [9.17, 15) is 0 Å². The van der Waals surface area contributed by atoms with E-state index in [1.807, 2.05) is 13.0 Å². The molecular formula is C10H15NO2. The van der Waals surface area contributed by atoms with E-state index < -0.39 is 0 Å². The Morgan fingerprint density at radius 3 is 3.00 bits per heavy atom. The molecule has 3 heteroatoms. The smallest absolute Gasteiger partial charge is 0.130 e. The third-order valence-electron chi connectivity index (χ3n) is 1.74. The SMILES string of the molecule is C=CCOCc1cc(C)c(CN)o1. The maximum absolute atomic E-state index is 5.47. The number of rotatable bonds is 5. The molecule has 0 aliphatic carbocycles. The molecule has 0 aliphatic rings. The minimum absolute atomic E-state index is 0.438. The van der Waals surface area contributed by atoms with Crippen LogP contribution < -0.4 is 5.73 Å². The zero-order chi connectivity index (χ0) is 9.68. The normalized spacial score (nSPS) is 10.3. The Morgan fingerprint density at radius 2 is 2.46 bits per heavy atom. The van der Waals surface area contributed by atoms with Gasteiger partial charge in [-0.15, -0.1) is 6.58 Å². The topological polar surface area (TPSA) is 48.4 Å². The highest BCUT2D eigenvalue weighted by Gasteiger charge is 2.04. The van der Waals surface area contributed by atoms with Crippen LogP contribution in [0, 0.1) is 6.92 Å². The van der Waals surface area contributed by atoms with Crippen molar-refractivity contribution in [3.63, 3.8) is 0 Å². The Labute approximate surface area is 78.2 Å². The largest absolute Gasteiger partial charge is 0.462 e. The van der Waals surface area contributed by atoms with E-state index >= 15 is 0 Å². The summed E-state index contributed by atoms with van der Waals surface area (Å²) in [6, 6.07) is 1.95. The summed E-state index contributed by atoms with van der Waals surface area (Å²) in [5.74, 6) is 1.65. The van der Waals surface area contributed by atoms with Crippen LogP contribution in [0.25, 0.3) is 0 Å². The molecule has 0 aromatic carbocycles. The van der Waals surface area contributed by atoms with Crippen LogP contribution in [0.3, 0.4) is 0 Å². The van der Waals surface area contributed by atoms with Gasteiger partial charge in [0.25, 0.3) is 0 Å². The summed E-state index contributed by atoms with van der Waals surface area (Å²) in [5, 5.41) is 0. The molecule has 1 rings (SSSR count). The van der Waals surface area contributed by atoms with E-state index in [0.717, 1.165) is 17.1 Å². The first-order valence-corrected chi connectivity index (χ1v) is 4.24. The summed E-state index contributed by atoms with van der Waals surface area (Å²) in [4.78, 5) is 0. The molecule has 1 aromatic rings. The highest BCUT2D eigenvalue weighted by Crippen LogP contribution is 2.14. The second kappa shape index (κ2) is 4.84. The van der Waals surface area contributed by atoms with Crippen molar-refractivity contribution in [2.75, 3.05) is 6.61 Å². The third-order valence-corrected chi connectivity index (χ3v) is 1.74. The van der Waals surface area contributed by atoms with Gasteiger partial charge in [0.15, 0.2) is 0 Å². The van der Waals surface area contributed by atoms with Crippen molar-refractivity contribution in [2.24, 2.45) is 5.73 Å². The van der Waals surface area contributed by atoms with Crippen LogP contribution >= 0.6 is 0 Å². The van der Waals surface area contributed by atoms with Gasteiger partial charge in [-0.25, -0.2) is 0 Å². The Bertz CT molecular complexity index is 278. The van der Waals surface area contributed by atoms with E-state index in [4.69, 9.17) is 14.9 Å². The van der Waals surface area contributed by atoms with Crippen LogP contribution in [0.5, 0.6) is 0 Å². The van der Waals surface area contributed by atoms with Gasteiger partial charge in [0.2, 0.25) is 0 Å². The predicted octanol–water partition coefficient (Wildman–Crippen LogP) is 1.75. The molecule has 2 N–H and O–H groups in total. The molecule has 1 aromatic heterocycles. The fourth-order valence-corrected chi connectivity index (χ4v) is 1.11. The predicted molar refractivity (Wildman–Crippen MR) is 51.2 cm³/mol. The molecule has 0 atom stereocenters. The van der Waals surface area contributed by atoms with Crippen molar-refractivity contribution >= 4 is 0 Å². The van der Waals surface area contributed by atoms with E-state index in [0.29, 0.717) is 19.8 Å².